The number of aliphatic hydroxyl groups excluding tert-OH is 1. The Morgan fingerprint density at radius 1 is 1.31 bits per heavy atom. The normalized spacial score (nSPS) is 16.8. The van der Waals surface area contributed by atoms with Crippen molar-refractivity contribution in [2.45, 2.75) is 31.7 Å². The highest BCUT2D eigenvalue weighted by molar-refractivity contribution is 14.0. The quantitative estimate of drug-likeness (QED) is 0.248. The van der Waals surface area contributed by atoms with Gasteiger partial charge in [0.2, 0.25) is 0 Å². The molecule has 0 amide bonds. The second-order valence-corrected chi connectivity index (χ2v) is 5.86. The van der Waals surface area contributed by atoms with E-state index in [0.717, 1.165) is 38.9 Å². The minimum atomic E-state index is -4.77. The van der Waals surface area contributed by atoms with Crippen molar-refractivity contribution in [2.75, 3.05) is 31.5 Å². The Balaban J connectivity index is 0.00000338. The molecule has 1 saturated heterocycles. The van der Waals surface area contributed by atoms with Crippen LogP contribution in [0.25, 0.3) is 0 Å². The van der Waals surface area contributed by atoms with Crippen molar-refractivity contribution < 1.29 is 23.0 Å². The number of nitrogens with one attached hydrogen (secondary N) is 1. The fourth-order valence-electron chi connectivity index (χ4n) is 2.60. The van der Waals surface area contributed by atoms with Gasteiger partial charge in [0.15, 0.2) is 11.7 Å². The molecule has 0 aromatic heterocycles. The fraction of sp³-hybridized carbons (Fsp3) is 0.562. The average molecular weight is 488 g/mol. The first kappa shape index (κ1) is 22.8. The number of benzene rings is 1. The van der Waals surface area contributed by atoms with Gasteiger partial charge >= 0.3 is 6.36 Å². The van der Waals surface area contributed by atoms with Crippen LogP contribution in [-0.4, -0.2) is 54.6 Å². The highest BCUT2D eigenvalue weighted by atomic mass is 127. The van der Waals surface area contributed by atoms with Crippen LogP contribution in [0.4, 0.5) is 18.9 Å². The summed E-state index contributed by atoms with van der Waals surface area (Å²) in [7, 11) is 0. The SMILES string of the molecule is I.NC(=NCCCN1CCC(O)CC1)Nc1ccccc1OC(F)(F)F. The summed E-state index contributed by atoms with van der Waals surface area (Å²) < 4.78 is 41.1. The number of hydrogen-bond donors (Lipinski definition) is 3. The lowest BCUT2D eigenvalue weighted by atomic mass is 10.1. The number of aliphatic hydroxyl groups is 1. The summed E-state index contributed by atoms with van der Waals surface area (Å²) in [4.78, 5) is 6.38. The van der Waals surface area contributed by atoms with Gasteiger partial charge in [-0.1, -0.05) is 12.1 Å². The van der Waals surface area contributed by atoms with E-state index >= 15 is 0 Å². The predicted molar refractivity (Wildman–Crippen MR) is 105 cm³/mol. The summed E-state index contributed by atoms with van der Waals surface area (Å²) in [6, 6.07) is 5.65. The minimum absolute atomic E-state index is 0. The lowest BCUT2D eigenvalue weighted by molar-refractivity contribution is -0.274. The molecule has 2 rings (SSSR count). The van der Waals surface area contributed by atoms with Crippen LogP contribution in [0.1, 0.15) is 19.3 Å². The number of piperidine rings is 1. The molecule has 10 heteroatoms. The van der Waals surface area contributed by atoms with Crippen molar-refractivity contribution >= 4 is 35.6 Å². The number of rotatable bonds is 6. The number of halogens is 4. The van der Waals surface area contributed by atoms with Crippen LogP contribution in [0.15, 0.2) is 29.3 Å². The third-order valence-corrected chi connectivity index (χ3v) is 3.85. The zero-order valence-electron chi connectivity index (χ0n) is 14.2. The third kappa shape index (κ3) is 8.41. The number of aliphatic imine (C=N–C) groups is 1. The average Bonchev–Trinajstić information content (AvgIpc) is 2.54. The van der Waals surface area contributed by atoms with Crippen molar-refractivity contribution in [1.29, 1.82) is 0 Å². The Hall–Kier alpha value is -1.27. The van der Waals surface area contributed by atoms with Gasteiger partial charge in [-0.25, -0.2) is 0 Å². The number of likely N-dealkylation sites (tertiary alicyclic amines) is 1. The molecule has 4 N–H and O–H groups in total. The first-order valence-corrected chi connectivity index (χ1v) is 8.15. The lowest BCUT2D eigenvalue weighted by Crippen LogP contribution is -2.36. The minimum Gasteiger partial charge on any atom is -0.404 e. The van der Waals surface area contributed by atoms with Gasteiger partial charge in [0.05, 0.1) is 11.8 Å². The van der Waals surface area contributed by atoms with E-state index in [1.807, 2.05) is 0 Å². The Morgan fingerprint density at radius 3 is 2.62 bits per heavy atom. The Morgan fingerprint density at radius 2 is 1.96 bits per heavy atom. The van der Waals surface area contributed by atoms with E-state index in [1.54, 1.807) is 6.07 Å². The molecule has 1 aliphatic rings. The molecular formula is C16H24F3IN4O2. The van der Waals surface area contributed by atoms with E-state index in [2.05, 4.69) is 19.9 Å². The molecule has 1 aliphatic heterocycles. The maximum atomic E-state index is 12.4. The largest absolute Gasteiger partial charge is 0.573 e. The van der Waals surface area contributed by atoms with Crippen molar-refractivity contribution in [3.8, 4) is 5.75 Å². The number of para-hydroxylation sites is 2. The molecule has 0 atom stereocenters. The highest BCUT2D eigenvalue weighted by Crippen LogP contribution is 2.29. The van der Waals surface area contributed by atoms with Crippen LogP contribution < -0.4 is 15.8 Å². The molecule has 0 radical (unpaired) electrons. The first-order valence-electron chi connectivity index (χ1n) is 8.15. The molecule has 0 unspecified atom stereocenters. The fourth-order valence-corrected chi connectivity index (χ4v) is 2.60. The Labute approximate surface area is 167 Å². The summed E-state index contributed by atoms with van der Waals surface area (Å²) in [5, 5.41) is 12.1. The van der Waals surface area contributed by atoms with E-state index in [-0.39, 0.29) is 47.5 Å². The van der Waals surface area contributed by atoms with Gasteiger partial charge < -0.3 is 25.8 Å². The second kappa shape index (κ2) is 10.8. The number of alkyl halides is 3. The zero-order chi connectivity index (χ0) is 18.3. The van der Waals surface area contributed by atoms with Crippen molar-refractivity contribution in [2.24, 2.45) is 10.7 Å². The van der Waals surface area contributed by atoms with Gasteiger partial charge in [0.25, 0.3) is 0 Å². The third-order valence-electron chi connectivity index (χ3n) is 3.85. The van der Waals surface area contributed by atoms with Gasteiger partial charge in [-0.2, -0.15) is 0 Å². The standard InChI is InChI=1S/C16H23F3N4O2.HI/c17-16(18,19)25-14-5-2-1-4-13(14)22-15(20)21-8-3-9-23-10-6-12(24)7-11-23;/h1-2,4-5,12,24H,3,6-11H2,(H3,20,21,22);1H. The monoisotopic (exact) mass is 488 g/mol. The molecule has 1 fully saturated rings. The molecule has 6 nitrogen and oxygen atoms in total. The van der Waals surface area contributed by atoms with Crippen LogP contribution in [0.2, 0.25) is 0 Å². The van der Waals surface area contributed by atoms with Crippen molar-refractivity contribution in [3.05, 3.63) is 24.3 Å². The second-order valence-electron chi connectivity index (χ2n) is 5.86. The van der Waals surface area contributed by atoms with Crippen LogP contribution in [-0.2, 0) is 0 Å². The topological polar surface area (TPSA) is 83.1 Å². The van der Waals surface area contributed by atoms with Crippen molar-refractivity contribution in [3.63, 3.8) is 0 Å². The summed E-state index contributed by atoms with van der Waals surface area (Å²) >= 11 is 0. The highest BCUT2D eigenvalue weighted by Gasteiger charge is 2.32. The van der Waals surface area contributed by atoms with Crippen LogP contribution in [0.3, 0.4) is 0 Å². The zero-order valence-corrected chi connectivity index (χ0v) is 16.5. The van der Waals surface area contributed by atoms with E-state index in [0.29, 0.717) is 6.54 Å². The molecule has 1 aromatic rings. The number of nitrogens with zero attached hydrogens (tertiary/aromatic N) is 2. The molecule has 0 aliphatic carbocycles. The molecule has 0 bridgehead atoms. The van der Waals surface area contributed by atoms with Gasteiger partial charge in [0.1, 0.15) is 0 Å². The molecule has 26 heavy (non-hydrogen) atoms. The smallest absolute Gasteiger partial charge is 0.404 e. The van der Waals surface area contributed by atoms with Crippen LogP contribution >= 0.6 is 24.0 Å². The van der Waals surface area contributed by atoms with Crippen LogP contribution in [0.5, 0.6) is 5.75 Å². The maximum Gasteiger partial charge on any atom is 0.573 e. The number of nitrogens with two attached hydrogens (primary N) is 1. The molecule has 0 spiro atoms. The molecule has 148 valence electrons. The first-order chi connectivity index (χ1) is 11.8. The number of guanidine groups is 1. The van der Waals surface area contributed by atoms with Gasteiger partial charge in [-0.05, 0) is 37.9 Å². The number of anilines is 1. The summed E-state index contributed by atoms with van der Waals surface area (Å²) in [5.74, 6) is -0.327. The van der Waals surface area contributed by atoms with E-state index < -0.39 is 6.36 Å². The molecular weight excluding hydrogens is 464 g/mol. The summed E-state index contributed by atoms with van der Waals surface area (Å²) in [6.45, 7) is 3.03. The number of hydrogen-bond acceptors (Lipinski definition) is 4. The maximum absolute atomic E-state index is 12.4. The van der Waals surface area contributed by atoms with E-state index in [9.17, 15) is 18.3 Å². The van der Waals surface area contributed by atoms with E-state index in [4.69, 9.17) is 5.73 Å². The summed E-state index contributed by atoms with van der Waals surface area (Å²) in [6.07, 6.45) is -2.63. The summed E-state index contributed by atoms with van der Waals surface area (Å²) in [5.41, 5.74) is 5.83. The predicted octanol–water partition coefficient (Wildman–Crippen LogP) is 2.78. The molecule has 1 heterocycles. The molecule has 1 aromatic carbocycles. The van der Waals surface area contributed by atoms with Crippen LogP contribution in [0, 0.1) is 0 Å². The Bertz CT molecular complexity index is 579. The lowest BCUT2D eigenvalue weighted by Gasteiger charge is -2.29. The Kier molecular flexibility index (Phi) is 9.44. The van der Waals surface area contributed by atoms with E-state index in [1.165, 1.54) is 18.2 Å². The van der Waals surface area contributed by atoms with Gasteiger partial charge in [-0.3, -0.25) is 4.99 Å². The van der Waals surface area contributed by atoms with Gasteiger partial charge in [0, 0.05) is 19.6 Å². The number of ether oxygens (including phenoxy) is 1. The molecule has 0 saturated carbocycles. The van der Waals surface area contributed by atoms with Crippen molar-refractivity contribution in [1.82, 2.24) is 4.90 Å². The van der Waals surface area contributed by atoms with Gasteiger partial charge in [-0.15, -0.1) is 37.1 Å².